The highest BCUT2D eigenvalue weighted by atomic mass is 16.7. The first kappa shape index (κ1) is 10.6. The molecule has 2 atom stereocenters. The molecule has 2 aromatic carbocycles. The Morgan fingerprint density at radius 1 is 0.889 bits per heavy atom. The molecule has 0 saturated carbocycles. The maximum Gasteiger partial charge on any atom is 0.455 e. The molecule has 3 heteroatoms. The van der Waals surface area contributed by atoms with Crippen LogP contribution in [0, 0.1) is 0 Å². The van der Waals surface area contributed by atoms with Gasteiger partial charge >= 0.3 is 7.12 Å². The Labute approximate surface area is 107 Å². The minimum absolute atomic E-state index is 0.163. The van der Waals surface area contributed by atoms with Gasteiger partial charge in [-0.15, -0.1) is 0 Å². The second kappa shape index (κ2) is 2.98. The van der Waals surface area contributed by atoms with Crippen LogP contribution in [0.25, 0.3) is 10.8 Å². The molecule has 2 nitrogen and oxygen atoms in total. The van der Waals surface area contributed by atoms with Gasteiger partial charge in [0.05, 0.1) is 0 Å². The zero-order valence-corrected chi connectivity index (χ0v) is 10.9. The zero-order chi connectivity index (χ0) is 12.5. The van der Waals surface area contributed by atoms with Crippen molar-refractivity contribution in [1.29, 1.82) is 0 Å². The summed E-state index contributed by atoms with van der Waals surface area (Å²) < 4.78 is 12.3. The Morgan fingerprint density at radius 3 is 1.89 bits per heavy atom. The van der Waals surface area contributed by atoms with Gasteiger partial charge in [0.15, 0.2) is 0 Å². The van der Waals surface area contributed by atoms with Crippen molar-refractivity contribution in [1.82, 2.24) is 0 Å². The first-order chi connectivity index (χ1) is 8.56. The molecule has 1 aliphatic carbocycles. The summed E-state index contributed by atoms with van der Waals surface area (Å²) in [6.07, 6.45) is 0. The van der Waals surface area contributed by atoms with Crippen LogP contribution in [-0.2, 0) is 20.5 Å². The van der Waals surface area contributed by atoms with Crippen molar-refractivity contribution in [2.24, 2.45) is 0 Å². The number of benzene rings is 2. The second-order valence-corrected chi connectivity index (χ2v) is 5.58. The fourth-order valence-corrected chi connectivity index (χ4v) is 3.69. The molecule has 90 valence electrons. The first-order valence-electron chi connectivity index (χ1n) is 6.45. The molecule has 0 radical (unpaired) electrons. The highest BCUT2D eigenvalue weighted by Gasteiger charge is 2.61. The summed E-state index contributed by atoms with van der Waals surface area (Å²) in [5, 5.41) is 2.57. The monoisotopic (exact) mass is 238 g/mol. The van der Waals surface area contributed by atoms with E-state index in [0.717, 1.165) is 0 Å². The lowest BCUT2D eigenvalue weighted by molar-refractivity contribution is -0.0222. The maximum atomic E-state index is 6.13. The van der Waals surface area contributed by atoms with E-state index in [0.29, 0.717) is 0 Å². The Morgan fingerprint density at radius 2 is 1.39 bits per heavy atom. The third-order valence-electron chi connectivity index (χ3n) is 4.65. The molecular formula is C15H15BO2. The van der Waals surface area contributed by atoms with E-state index >= 15 is 0 Å². The van der Waals surface area contributed by atoms with E-state index in [4.69, 9.17) is 9.31 Å². The topological polar surface area (TPSA) is 18.5 Å². The van der Waals surface area contributed by atoms with Crippen LogP contribution in [0.4, 0.5) is 0 Å². The van der Waals surface area contributed by atoms with Crippen LogP contribution in [0.15, 0.2) is 36.4 Å². The molecule has 18 heavy (non-hydrogen) atoms. The van der Waals surface area contributed by atoms with Crippen molar-refractivity contribution in [3.8, 4) is 0 Å². The SMILES string of the molecule is CB1O[C@@]2(C)c3cccc4cccc(c34)[C@@]2(C)O1. The van der Waals surface area contributed by atoms with E-state index in [-0.39, 0.29) is 18.3 Å². The van der Waals surface area contributed by atoms with Crippen LogP contribution in [0.1, 0.15) is 25.0 Å². The Balaban J connectivity index is 2.16. The standard InChI is InChI=1S/C15H15BO2/c1-14-11-8-4-6-10-7-5-9-12(13(10)11)15(14,2)18-16(3)17-14/h4-9H,1-3H3/t14-,15+. The highest BCUT2D eigenvalue weighted by Crippen LogP contribution is 2.59. The van der Waals surface area contributed by atoms with Gasteiger partial charge < -0.3 is 9.31 Å². The summed E-state index contributed by atoms with van der Waals surface area (Å²) in [6, 6.07) is 12.8. The van der Waals surface area contributed by atoms with Gasteiger partial charge in [-0.1, -0.05) is 36.4 Å². The van der Waals surface area contributed by atoms with Gasteiger partial charge in [-0.3, -0.25) is 0 Å². The largest absolute Gasteiger partial charge is 0.455 e. The predicted molar refractivity (Wildman–Crippen MR) is 72.4 cm³/mol. The van der Waals surface area contributed by atoms with Crippen molar-refractivity contribution in [3.05, 3.63) is 47.5 Å². The molecule has 0 aromatic heterocycles. The van der Waals surface area contributed by atoms with Crippen LogP contribution >= 0.6 is 0 Å². The summed E-state index contributed by atoms with van der Waals surface area (Å²) in [4.78, 5) is 0. The van der Waals surface area contributed by atoms with Crippen molar-refractivity contribution in [2.45, 2.75) is 31.9 Å². The van der Waals surface area contributed by atoms with Crippen molar-refractivity contribution < 1.29 is 9.31 Å². The molecule has 0 unspecified atom stereocenters. The van der Waals surface area contributed by atoms with Crippen molar-refractivity contribution >= 4 is 17.9 Å². The Kier molecular flexibility index (Phi) is 1.75. The highest BCUT2D eigenvalue weighted by molar-refractivity contribution is 6.43. The molecule has 0 N–H and O–H groups in total. The molecule has 1 heterocycles. The third-order valence-corrected chi connectivity index (χ3v) is 4.65. The van der Waals surface area contributed by atoms with Gasteiger partial charge in [0.2, 0.25) is 0 Å². The van der Waals surface area contributed by atoms with E-state index in [1.807, 2.05) is 6.82 Å². The molecule has 0 amide bonds. The van der Waals surface area contributed by atoms with Crippen LogP contribution in [0.5, 0.6) is 0 Å². The molecule has 2 aliphatic rings. The van der Waals surface area contributed by atoms with E-state index in [9.17, 15) is 0 Å². The second-order valence-electron chi connectivity index (χ2n) is 5.58. The fraction of sp³-hybridized carbons (Fsp3) is 0.333. The molecule has 0 bridgehead atoms. The maximum absolute atomic E-state index is 6.13. The lowest BCUT2D eigenvalue weighted by Gasteiger charge is -2.34. The third kappa shape index (κ3) is 0.954. The Bertz CT molecular complexity index is 616. The first-order valence-corrected chi connectivity index (χ1v) is 6.45. The van der Waals surface area contributed by atoms with Gasteiger partial charge in [0, 0.05) is 0 Å². The van der Waals surface area contributed by atoms with Crippen LogP contribution in [0.2, 0.25) is 6.82 Å². The van der Waals surface area contributed by atoms with E-state index < -0.39 is 0 Å². The van der Waals surface area contributed by atoms with Gasteiger partial charge in [0.1, 0.15) is 11.2 Å². The number of rotatable bonds is 0. The summed E-state index contributed by atoms with van der Waals surface area (Å²) in [6.45, 7) is 6.26. The summed E-state index contributed by atoms with van der Waals surface area (Å²) in [5.41, 5.74) is 1.75. The molecule has 1 fully saturated rings. The summed E-state index contributed by atoms with van der Waals surface area (Å²) >= 11 is 0. The molecular weight excluding hydrogens is 223 g/mol. The summed E-state index contributed by atoms with van der Waals surface area (Å²) in [5.74, 6) is 0. The van der Waals surface area contributed by atoms with Gasteiger partial charge in [-0.25, -0.2) is 0 Å². The average Bonchev–Trinajstić information content (AvgIpc) is 2.68. The lowest BCUT2D eigenvalue weighted by atomic mass is 9.84. The molecule has 4 rings (SSSR count). The number of hydrogen-bond donors (Lipinski definition) is 0. The molecule has 1 saturated heterocycles. The minimum atomic E-state index is -0.379. The molecule has 2 aromatic rings. The van der Waals surface area contributed by atoms with Gasteiger partial charge in [-0.2, -0.15) is 0 Å². The van der Waals surface area contributed by atoms with Crippen molar-refractivity contribution in [2.75, 3.05) is 0 Å². The normalized spacial score (nSPS) is 33.2. The van der Waals surface area contributed by atoms with E-state index in [2.05, 4.69) is 50.2 Å². The number of fused-ring (bicyclic) bond motifs is 3. The van der Waals surface area contributed by atoms with Crippen LogP contribution in [0.3, 0.4) is 0 Å². The van der Waals surface area contributed by atoms with Gasteiger partial charge in [-0.05, 0) is 42.6 Å². The Hall–Kier alpha value is -1.32. The molecule has 0 spiro atoms. The van der Waals surface area contributed by atoms with Gasteiger partial charge in [0.25, 0.3) is 0 Å². The molecule has 1 aliphatic heterocycles. The average molecular weight is 238 g/mol. The van der Waals surface area contributed by atoms with E-state index in [1.54, 1.807) is 0 Å². The van der Waals surface area contributed by atoms with Crippen LogP contribution < -0.4 is 0 Å². The zero-order valence-electron chi connectivity index (χ0n) is 10.9. The smallest absolute Gasteiger partial charge is 0.398 e. The van der Waals surface area contributed by atoms with Crippen molar-refractivity contribution in [3.63, 3.8) is 0 Å². The summed E-state index contributed by atoms with van der Waals surface area (Å²) in [7, 11) is -0.163. The number of hydrogen-bond acceptors (Lipinski definition) is 2. The predicted octanol–water partition coefficient (Wildman–Crippen LogP) is 3.45. The van der Waals surface area contributed by atoms with Crippen LogP contribution in [-0.4, -0.2) is 7.12 Å². The van der Waals surface area contributed by atoms with E-state index in [1.165, 1.54) is 21.9 Å². The lowest BCUT2D eigenvalue weighted by Crippen LogP contribution is -2.38. The quantitative estimate of drug-likeness (QED) is 0.654. The fourth-order valence-electron chi connectivity index (χ4n) is 3.69. The minimum Gasteiger partial charge on any atom is -0.398 e.